The van der Waals surface area contributed by atoms with Crippen molar-refractivity contribution in [1.29, 1.82) is 0 Å². The number of nitrogens with zero attached hydrogens (tertiary/aromatic N) is 1. The highest BCUT2D eigenvalue weighted by molar-refractivity contribution is 5.95. The van der Waals surface area contributed by atoms with E-state index in [2.05, 4.69) is 0 Å². The molecule has 0 spiro atoms. The van der Waals surface area contributed by atoms with Crippen LogP contribution in [0.3, 0.4) is 0 Å². The van der Waals surface area contributed by atoms with E-state index in [0.717, 1.165) is 29.2 Å². The maximum atomic E-state index is 13.1. The Hall–Kier alpha value is -3.10. The lowest BCUT2D eigenvalue weighted by Crippen LogP contribution is -2.37. The van der Waals surface area contributed by atoms with Gasteiger partial charge in [-0.2, -0.15) is 13.2 Å². The smallest absolute Gasteiger partial charge is 0.419 e. The minimum Gasteiger partial charge on any atom is -0.483 e. The SMILES string of the molecule is NC(=O)CCN(C(=O)COc1ccccc1C(F)(F)F)c1ccc(F)cc1. The molecule has 0 heterocycles. The number of amides is 2. The van der Waals surface area contributed by atoms with Crippen molar-refractivity contribution in [2.24, 2.45) is 5.73 Å². The number of halogens is 4. The van der Waals surface area contributed by atoms with Gasteiger partial charge in [0.1, 0.15) is 11.6 Å². The fraction of sp³-hybridized carbons (Fsp3) is 0.222. The molecule has 9 heteroatoms. The van der Waals surface area contributed by atoms with E-state index < -0.39 is 41.7 Å². The number of carbonyl (C=O) groups is 2. The summed E-state index contributed by atoms with van der Waals surface area (Å²) >= 11 is 0. The molecule has 0 saturated heterocycles. The summed E-state index contributed by atoms with van der Waals surface area (Å²) in [6.07, 6.45) is -4.81. The summed E-state index contributed by atoms with van der Waals surface area (Å²) in [5, 5.41) is 0. The molecule has 27 heavy (non-hydrogen) atoms. The van der Waals surface area contributed by atoms with E-state index in [1.165, 1.54) is 24.3 Å². The first-order valence-corrected chi connectivity index (χ1v) is 7.81. The monoisotopic (exact) mass is 384 g/mol. The number of primary amides is 1. The van der Waals surface area contributed by atoms with Gasteiger partial charge >= 0.3 is 6.18 Å². The van der Waals surface area contributed by atoms with Crippen LogP contribution >= 0.6 is 0 Å². The molecule has 0 saturated carbocycles. The normalized spacial score (nSPS) is 11.1. The summed E-state index contributed by atoms with van der Waals surface area (Å²) in [4.78, 5) is 24.6. The number of carbonyl (C=O) groups excluding carboxylic acids is 2. The second-order valence-electron chi connectivity index (χ2n) is 5.52. The molecule has 2 amide bonds. The van der Waals surface area contributed by atoms with Crippen molar-refractivity contribution in [2.45, 2.75) is 12.6 Å². The van der Waals surface area contributed by atoms with Crippen molar-refractivity contribution < 1.29 is 31.9 Å². The molecule has 2 rings (SSSR count). The van der Waals surface area contributed by atoms with Gasteiger partial charge in [0, 0.05) is 18.7 Å². The van der Waals surface area contributed by atoms with Crippen molar-refractivity contribution in [2.75, 3.05) is 18.1 Å². The van der Waals surface area contributed by atoms with Crippen LogP contribution < -0.4 is 15.4 Å². The average molecular weight is 384 g/mol. The maximum absolute atomic E-state index is 13.1. The van der Waals surface area contributed by atoms with E-state index in [0.29, 0.717) is 0 Å². The Morgan fingerprint density at radius 2 is 1.67 bits per heavy atom. The number of hydrogen-bond acceptors (Lipinski definition) is 3. The molecule has 0 aromatic heterocycles. The van der Waals surface area contributed by atoms with Gasteiger partial charge in [-0.1, -0.05) is 12.1 Å². The maximum Gasteiger partial charge on any atom is 0.419 e. The van der Waals surface area contributed by atoms with Gasteiger partial charge < -0.3 is 15.4 Å². The van der Waals surface area contributed by atoms with Crippen molar-refractivity contribution in [3.05, 3.63) is 59.9 Å². The molecule has 0 radical (unpaired) electrons. The highest BCUT2D eigenvalue weighted by Crippen LogP contribution is 2.35. The number of anilines is 1. The lowest BCUT2D eigenvalue weighted by molar-refractivity contribution is -0.139. The topological polar surface area (TPSA) is 72.6 Å². The van der Waals surface area contributed by atoms with E-state index in [4.69, 9.17) is 10.5 Å². The molecular formula is C18H16F4N2O3. The summed E-state index contributed by atoms with van der Waals surface area (Å²) < 4.78 is 57.1. The Morgan fingerprint density at radius 1 is 1.04 bits per heavy atom. The number of benzene rings is 2. The van der Waals surface area contributed by atoms with Crippen LogP contribution in [0.4, 0.5) is 23.2 Å². The second-order valence-corrected chi connectivity index (χ2v) is 5.52. The van der Waals surface area contributed by atoms with Crippen LogP contribution in [0.2, 0.25) is 0 Å². The van der Waals surface area contributed by atoms with E-state index in [-0.39, 0.29) is 18.7 Å². The summed E-state index contributed by atoms with van der Waals surface area (Å²) in [6.45, 7) is -0.826. The quantitative estimate of drug-likeness (QED) is 0.746. The summed E-state index contributed by atoms with van der Waals surface area (Å²) in [5.74, 6) is -2.40. The van der Waals surface area contributed by atoms with Gasteiger partial charge in [0.25, 0.3) is 5.91 Å². The molecule has 0 atom stereocenters. The summed E-state index contributed by atoms with van der Waals surface area (Å²) in [6, 6.07) is 9.32. The number of para-hydroxylation sites is 1. The fourth-order valence-corrected chi connectivity index (χ4v) is 2.28. The lowest BCUT2D eigenvalue weighted by atomic mass is 10.2. The minimum atomic E-state index is -4.64. The Labute approximate surface area is 152 Å². The number of nitrogens with two attached hydrogens (primary N) is 1. The van der Waals surface area contributed by atoms with Crippen LogP contribution in [0.5, 0.6) is 5.75 Å². The standard InChI is InChI=1S/C18H16F4N2O3/c19-12-5-7-13(8-6-12)24(10-9-16(23)25)17(26)11-27-15-4-2-1-3-14(15)18(20,21)22/h1-8H,9-11H2,(H2,23,25). The van der Waals surface area contributed by atoms with Crippen molar-refractivity contribution >= 4 is 17.5 Å². The van der Waals surface area contributed by atoms with Crippen LogP contribution in [-0.4, -0.2) is 25.0 Å². The predicted octanol–water partition coefficient (Wildman–Crippen LogP) is 3.13. The molecule has 0 aliphatic rings. The van der Waals surface area contributed by atoms with Gasteiger partial charge in [0.15, 0.2) is 6.61 Å². The van der Waals surface area contributed by atoms with E-state index >= 15 is 0 Å². The number of rotatable bonds is 7. The Morgan fingerprint density at radius 3 is 2.26 bits per heavy atom. The fourth-order valence-electron chi connectivity index (χ4n) is 2.28. The van der Waals surface area contributed by atoms with E-state index in [1.807, 2.05) is 0 Å². The first kappa shape index (κ1) is 20.2. The Kier molecular flexibility index (Phi) is 6.38. The molecule has 2 aromatic carbocycles. The molecule has 0 fully saturated rings. The van der Waals surface area contributed by atoms with Gasteiger partial charge in [0.05, 0.1) is 5.56 Å². The largest absolute Gasteiger partial charge is 0.483 e. The minimum absolute atomic E-state index is 0.121. The zero-order valence-electron chi connectivity index (χ0n) is 14.0. The Bertz CT molecular complexity index is 807. The van der Waals surface area contributed by atoms with E-state index in [1.54, 1.807) is 0 Å². The average Bonchev–Trinajstić information content (AvgIpc) is 2.60. The lowest BCUT2D eigenvalue weighted by Gasteiger charge is -2.23. The number of hydrogen-bond donors (Lipinski definition) is 1. The molecule has 0 aliphatic carbocycles. The summed E-state index contributed by atoms with van der Waals surface area (Å²) in [7, 11) is 0. The second kappa shape index (κ2) is 8.52. The predicted molar refractivity (Wildman–Crippen MR) is 89.5 cm³/mol. The van der Waals surface area contributed by atoms with Gasteiger partial charge in [-0.15, -0.1) is 0 Å². The van der Waals surface area contributed by atoms with Crippen LogP contribution in [0.1, 0.15) is 12.0 Å². The Balaban J connectivity index is 2.16. The van der Waals surface area contributed by atoms with Gasteiger partial charge in [0.2, 0.25) is 5.91 Å². The van der Waals surface area contributed by atoms with Crippen LogP contribution in [0.15, 0.2) is 48.5 Å². The molecule has 0 unspecified atom stereocenters. The number of ether oxygens (including phenoxy) is 1. The molecule has 144 valence electrons. The summed E-state index contributed by atoms with van der Waals surface area (Å²) in [5.41, 5.74) is 4.33. The van der Waals surface area contributed by atoms with Gasteiger partial charge in [-0.05, 0) is 36.4 Å². The molecule has 2 N–H and O–H groups in total. The zero-order valence-corrected chi connectivity index (χ0v) is 14.0. The first-order chi connectivity index (χ1) is 12.7. The third-order valence-corrected chi connectivity index (χ3v) is 3.56. The van der Waals surface area contributed by atoms with Crippen LogP contribution in [-0.2, 0) is 15.8 Å². The molecule has 2 aromatic rings. The van der Waals surface area contributed by atoms with Crippen LogP contribution in [0, 0.1) is 5.82 Å². The highest BCUT2D eigenvalue weighted by Gasteiger charge is 2.34. The third-order valence-electron chi connectivity index (χ3n) is 3.56. The molecule has 0 aliphatic heterocycles. The highest BCUT2D eigenvalue weighted by atomic mass is 19.4. The molecular weight excluding hydrogens is 368 g/mol. The molecule has 0 bridgehead atoms. The number of alkyl halides is 3. The van der Waals surface area contributed by atoms with Crippen molar-refractivity contribution in [3.8, 4) is 5.75 Å². The third kappa shape index (κ3) is 5.70. The van der Waals surface area contributed by atoms with Crippen molar-refractivity contribution in [3.63, 3.8) is 0 Å². The zero-order chi connectivity index (χ0) is 20.0. The van der Waals surface area contributed by atoms with Gasteiger partial charge in [-0.3, -0.25) is 9.59 Å². The van der Waals surface area contributed by atoms with E-state index in [9.17, 15) is 27.2 Å². The van der Waals surface area contributed by atoms with Crippen LogP contribution in [0.25, 0.3) is 0 Å². The van der Waals surface area contributed by atoms with Crippen molar-refractivity contribution in [1.82, 2.24) is 0 Å². The van der Waals surface area contributed by atoms with Gasteiger partial charge in [-0.25, -0.2) is 4.39 Å². The molecule has 5 nitrogen and oxygen atoms in total. The first-order valence-electron chi connectivity index (χ1n) is 7.81.